The van der Waals surface area contributed by atoms with Crippen LogP contribution in [0.5, 0.6) is 17.2 Å². The largest absolute Gasteiger partial charge is 0.493 e. The Morgan fingerprint density at radius 2 is 1.77 bits per heavy atom. The van der Waals surface area contributed by atoms with Gasteiger partial charge in [0, 0.05) is 9.27 Å². The standard InChI is InChI=1S/C31H31IN4O7/c1-4-41-30(38)28-19(2)34-31(39)35-29(28)22-9-14-25(26(15-22)40-3)43-18-27(37)36-33-16-20-7-12-24(13-8-20)42-17-21-5-10-23(32)11-6-21/h5-16,29H,4,17-18H2,1-3H3,(H,36,37)(H2,34,35,39)/b33-16-/t29-/m0/s1. The number of halogens is 1. The zero-order chi connectivity index (χ0) is 30.8. The number of hydrazone groups is 1. The maximum absolute atomic E-state index is 12.6. The number of allylic oxidation sites excluding steroid dienone is 1. The van der Waals surface area contributed by atoms with Crippen LogP contribution in [0.4, 0.5) is 4.79 Å². The Balaban J connectivity index is 1.31. The maximum atomic E-state index is 12.6. The molecule has 0 fully saturated rings. The number of urea groups is 1. The van der Waals surface area contributed by atoms with E-state index in [1.54, 1.807) is 32.0 Å². The molecule has 3 aromatic carbocycles. The summed E-state index contributed by atoms with van der Waals surface area (Å²) >= 11 is 2.26. The molecular formula is C31H31IN4O7. The van der Waals surface area contributed by atoms with Crippen LogP contribution in [0, 0.1) is 3.57 Å². The fourth-order valence-corrected chi connectivity index (χ4v) is 4.52. The number of esters is 1. The molecule has 0 aromatic heterocycles. The fraction of sp³-hybridized carbons (Fsp3) is 0.226. The molecule has 0 bridgehead atoms. The number of amides is 3. The summed E-state index contributed by atoms with van der Waals surface area (Å²) in [7, 11) is 1.45. The van der Waals surface area contributed by atoms with Gasteiger partial charge in [-0.3, -0.25) is 4.79 Å². The van der Waals surface area contributed by atoms with Gasteiger partial charge in [-0.05, 0) is 102 Å². The van der Waals surface area contributed by atoms with Gasteiger partial charge in [-0.2, -0.15) is 5.10 Å². The van der Waals surface area contributed by atoms with Crippen LogP contribution in [-0.4, -0.2) is 44.4 Å². The molecule has 12 heteroatoms. The minimum absolute atomic E-state index is 0.189. The van der Waals surface area contributed by atoms with Gasteiger partial charge < -0.3 is 29.6 Å². The van der Waals surface area contributed by atoms with E-state index >= 15 is 0 Å². The van der Waals surface area contributed by atoms with Crippen molar-refractivity contribution in [2.45, 2.75) is 26.5 Å². The third kappa shape index (κ3) is 8.70. The van der Waals surface area contributed by atoms with E-state index < -0.39 is 23.9 Å². The quantitative estimate of drug-likeness (QED) is 0.109. The highest BCUT2D eigenvalue weighted by Crippen LogP contribution is 2.34. The Hall–Kier alpha value is -4.59. The molecule has 3 amide bonds. The molecule has 4 rings (SSSR count). The van der Waals surface area contributed by atoms with E-state index in [1.165, 1.54) is 16.9 Å². The van der Waals surface area contributed by atoms with Crippen LogP contribution >= 0.6 is 22.6 Å². The highest BCUT2D eigenvalue weighted by Gasteiger charge is 2.32. The molecule has 1 heterocycles. The van der Waals surface area contributed by atoms with Crippen molar-refractivity contribution in [3.63, 3.8) is 0 Å². The summed E-state index contributed by atoms with van der Waals surface area (Å²) in [4.78, 5) is 37.1. The normalized spacial score (nSPS) is 14.5. The number of hydrogen-bond acceptors (Lipinski definition) is 8. The predicted octanol–water partition coefficient (Wildman–Crippen LogP) is 4.60. The Kier molecular flexibility index (Phi) is 11.0. The van der Waals surface area contributed by atoms with Crippen molar-refractivity contribution >= 4 is 46.7 Å². The van der Waals surface area contributed by atoms with Crippen molar-refractivity contribution in [3.05, 3.63) is 98.3 Å². The average Bonchev–Trinajstić information content (AvgIpc) is 3.00. The lowest BCUT2D eigenvalue weighted by Gasteiger charge is -2.28. The van der Waals surface area contributed by atoms with Crippen LogP contribution < -0.4 is 30.3 Å². The summed E-state index contributed by atoms with van der Waals surface area (Å²) in [6.07, 6.45) is 1.51. The van der Waals surface area contributed by atoms with Gasteiger partial charge in [0.1, 0.15) is 12.4 Å². The molecule has 0 spiro atoms. The van der Waals surface area contributed by atoms with E-state index in [2.05, 4.69) is 43.8 Å². The lowest BCUT2D eigenvalue weighted by Crippen LogP contribution is -2.45. The van der Waals surface area contributed by atoms with E-state index in [1.807, 2.05) is 48.5 Å². The van der Waals surface area contributed by atoms with Crippen LogP contribution in [0.15, 0.2) is 83.1 Å². The van der Waals surface area contributed by atoms with Gasteiger partial charge in [-0.15, -0.1) is 0 Å². The number of hydrogen-bond donors (Lipinski definition) is 3. The molecule has 0 saturated heterocycles. The first-order chi connectivity index (χ1) is 20.8. The third-order valence-corrected chi connectivity index (χ3v) is 6.97. The molecule has 224 valence electrons. The Morgan fingerprint density at radius 3 is 2.47 bits per heavy atom. The van der Waals surface area contributed by atoms with Gasteiger partial charge >= 0.3 is 12.0 Å². The number of nitrogens with zero attached hydrogens (tertiary/aromatic N) is 1. The molecule has 1 aliphatic rings. The van der Waals surface area contributed by atoms with Gasteiger partial charge in [-0.25, -0.2) is 15.0 Å². The summed E-state index contributed by atoms with van der Waals surface area (Å²) < 4.78 is 23.2. The lowest BCUT2D eigenvalue weighted by molar-refractivity contribution is -0.139. The maximum Gasteiger partial charge on any atom is 0.338 e. The molecule has 11 nitrogen and oxygen atoms in total. The first-order valence-electron chi connectivity index (χ1n) is 13.3. The van der Waals surface area contributed by atoms with E-state index in [-0.39, 0.29) is 18.8 Å². The molecule has 0 unspecified atom stereocenters. The number of methoxy groups -OCH3 is 1. The van der Waals surface area contributed by atoms with Crippen molar-refractivity contribution < 1.29 is 33.3 Å². The topological polar surface area (TPSA) is 137 Å². The van der Waals surface area contributed by atoms with Gasteiger partial charge in [-0.1, -0.05) is 18.2 Å². The number of carbonyl (C=O) groups is 3. The van der Waals surface area contributed by atoms with E-state index in [0.29, 0.717) is 29.4 Å². The zero-order valence-corrected chi connectivity index (χ0v) is 26.0. The predicted molar refractivity (Wildman–Crippen MR) is 168 cm³/mol. The molecule has 0 aliphatic carbocycles. The molecule has 1 atom stereocenters. The Morgan fingerprint density at radius 1 is 1.02 bits per heavy atom. The highest BCUT2D eigenvalue weighted by atomic mass is 127. The molecule has 0 saturated carbocycles. The lowest BCUT2D eigenvalue weighted by atomic mass is 9.95. The van der Waals surface area contributed by atoms with Crippen LogP contribution in [0.1, 0.15) is 36.6 Å². The molecule has 0 radical (unpaired) electrons. The number of carbonyl (C=O) groups excluding carboxylic acids is 3. The summed E-state index contributed by atoms with van der Waals surface area (Å²) in [6, 6.07) is 19.1. The average molecular weight is 699 g/mol. The fourth-order valence-electron chi connectivity index (χ4n) is 4.16. The zero-order valence-electron chi connectivity index (χ0n) is 23.8. The van der Waals surface area contributed by atoms with E-state index in [9.17, 15) is 14.4 Å². The van der Waals surface area contributed by atoms with Crippen molar-refractivity contribution in [2.75, 3.05) is 20.3 Å². The van der Waals surface area contributed by atoms with Crippen LogP contribution in [-0.2, 0) is 20.9 Å². The Bertz CT molecular complexity index is 1520. The van der Waals surface area contributed by atoms with Gasteiger partial charge in [0.15, 0.2) is 18.1 Å². The summed E-state index contributed by atoms with van der Waals surface area (Å²) in [5.74, 6) is 0.306. The number of rotatable bonds is 12. The van der Waals surface area contributed by atoms with Crippen LogP contribution in [0.3, 0.4) is 0 Å². The smallest absolute Gasteiger partial charge is 0.338 e. The third-order valence-electron chi connectivity index (χ3n) is 6.25. The SMILES string of the molecule is CCOC(=O)C1=C(C)NC(=O)N[C@H]1c1ccc(OCC(=O)N/N=C\c2ccc(OCc3ccc(I)cc3)cc2)c(OC)c1. The van der Waals surface area contributed by atoms with Crippen molar-refractivity contribution in [3.8, 4) is 17.2 Å². The Labute approximate surface area is 262 Å². The van der Waals surface area contributed by atoms with Crippen LogP contribution in [0.25, 0.3) is 0 Å². The minimum atomic E-state index is -0.762. The van der Waals surface area contributed by atoms with Gasteiger partial charge in [0.05, 0.1) is 31.5 Å². The number of benzene rings is 3. The summed E-state index contributed by atoms with van der Waals surface area (Å²) in [6.45, 7) is 3.66. The summed E-state index contributed by atoms with van der Waals surface area (Å²) in [5, 5.41) is 9.31. The first kappa shape index (κ1) is 31.3. The second kappa shape index (κ2) is 15.0. The van der Waals surface area contributed by atoms with Gasteiger partial charge in [0.25, 0.3) is 5.91 Å². The monoisotopic (exact) mass is 698 g/mol. The molecule has 3 N–H and O–H groups in total. The molecular weight excluding hydrogens is 667 g/mol. The van der Waals surface area contributed by atoms with Crippen LogP contribution in [0.2, 0.25) is 0 Å². The highest BCUT2D eigenvalue weighted by molar-refractivity contribution is 14.1. The molecule has 1 aliphatic heterocycles. The minimum Gasteiger partial charge on any atom is -0.493 e. The second-order valence-electron chi connectivity index (χ2n) is 9.27. The second-order valence-corrected chi connectivity index (χ2v) is 10.5. The first-order valence-corrected chi connectivity index (χ1v) is 14.4. The van der Waals surface area contributed by atoms with Crippen molar-refractivity contribution in [1.82, 2.24) is 16.1 Å². The van der Waals surface area contributed by atoms with E-state index in [0.717, 1.165) is 16.9 Å². The molecule has 3 aromatic rings. The van der Waals surface area contributed by atoms with Crippen molar-refractivity contribution in [1.29, 1.82) is 0 Å². The van der Waals surface area contributed by atoms with E-state index in [4.69, 9.17) is 18.9 Å². The summed E-state index contributed by atoms with van der Waals surface area (Å²) in [5.41, 5.74) is 5.52. The van der Waals surface area contributed by atoms with Crippen molar-refractivity contribution in [2.24, 2.45) is 5.10 Å². The number of nitrogens with one attached hydrogen (secondary N) is 3. The number of ether oxygens (including phenoxy) is 4. The van der Waals surface area contributed by atoms with Gasteiger partial charge in [0.2, 0.25) is 0 Å². The molecule has 43 heavy (non-hydrogen) atoms.